The van der Waals surface area contributed by atoms with Crippen LogP contribution in [0.25, 0.3) is 0 Å². The highest BCUT2D eigenvalue weighted by Gasteiger charge is 2.23. The Hall–Kier alpha value is -1.90. The van der Waals surface area contributed by atoms with Crippen LogP contribution in [-0.4, -0.2) is 47.1 Å². The predicted molar refractivity (Wildman–Crippen MR) is 95.2 cm³/mol. The molecule has 1 aliphatic rings. The minimum Gasteiger partial charge on any atom is -0.445 e. The monoisotopic (exact) mass is 424 g/mol. The van der Waals surface area contributed by atoms with Gasteiger partial charge in [-0.3, -0.25) is 0 Å². The van der Waals surface area contributed by atoms with Crippen molar-refractivity contribution in [3.8, 4) is 0 Å². The Morgan fingerprint density at radius 1 is 1.09 bits per heavy atom. The molecule has 0 unspecified atom stereocenters. The zero-order chi connectivity index (χ0) is 16.1. The molecule has 1 aromatic carbocycles. The fourth-order valence-electron chi connectivity index (χ4n) is 2.37. The van der Waals surface area contributed by atoms with Crippen molar-refractivity contribution in [2.24, 2.45) is 0 Å². The third-order valence-corrected chi connectivity index (χ3v) is 4.19. The van der Waals surface area contributed by atoms with Gasteiger partial charge in [-0.2, -0.15) is 0 Å². The van der Waals surface area contributed by atoms with Crippen LogP contribution in [0.2, 0.25) is 0 Å². The zero-order valence-electron chi connectivity index (χ0n) is 12.6. The summed E-state index contributed by atoms with van der Waals surface area (Å²) >= 11 is 2.18. The Bertz CT molecular complexity index is 643. The summed E-state index contributed by atoms with van der Waals surface area (Å²) in [5, 5.41) is 0. The molecule has 6 nitrogen and oxygen atoms in total. The highest BCUT2D eigenvalue weighted by Crippen LogP contribution is 2.13. The maximum absolute atomic E-state index is 12.1. The lowest BCUT2D eigenvalue weighted by Crippen LogP contribution is -2.49. The van der Waals surface area contributed by atoms with Crippen LogP contribution in [0, 0.1) is 3.57 Å². The number of hydrogen-bond acceptors (Lipinski definition) is 5. The number of rotatable bonds is 3. The van der Waals surface area contributed by atoms with Crippen molar-refractivity contribution in [1.29, 1.82) is 0 Å². The molecule has 0 aliphatic carbocycles. The van der Waals surface area contributed by atoms with Crippen LogP contribution >= 0.6 is 22.6 Å². The normalized spacial score (nSPS) is 14.7. The van der Waals surface area contributed by atoms with E-state index in [1.54, 1.807) is 17.3 Å². The molecule has 0 bridgehead atoms. The lowest BCUT2D eigenvalue weighted by molar-refractivity contribution is 0.0941. The van der Waals surface area contributed by atoms with E-state index in [1.165, 1.54) is 0 Å². The number of carbonyl (C=O) groups is 1. The molecule has 2 aromatic rings. The van der Waals surface area contributed by atoms with Crippen LogP contribution in [0.4, 0.5) is 10.7 Å². The molecule has 1 aliphatic heterocycles. The summed E-state index contributed by atoms with van der Waals surface area (Å²) in [6.45, 7) is 2.95. The molecule has 120 valence electrons. The van der Waals surface area contributed by atoms with Crippen LogP contribution in [-0.2, 0) is 11.3 Å². The molecule has 3 rings (SSSR count). The molecular formula is C16H17IN4O2. The number of hydrogen-bond donors (Lipinski definition) is 0. The van der Waals surface area contributed by atoms with E-state index in [0.717, 1.165) is 9.13 Å². The minimum atomic E-state index is -0.267. The first kappa shape index (κ1) is 16.0. The molecule has 0 atom stereocenters. The van der Waals surface area contributed by atoms with Crippen LogP contribution < -0.4 is 4.90 Å². The number of aromatic nitrogens is 2. The summed E-state index contributed by atoms with van der Waals surface area (Å²) in [6, 6.07) is 9.70. The SMILES string of the molecule is O=C(OCc1ccccc1)N1CCN(c2ncc(I)cn2)CC1. The van der Waals surface area contributed by atoms with Gasteiger partial charge in [-0.05, 0) is 28.2 Å². The first-order valence-electron chi connectivity index (χ1n) is 7.40. The molecule has 1 amide bonds. The predicted octanol–water partition coefficient (Wildman–Crippen LogP) is 2.54. The highest BCUT2D eigenvalue weighted by molar-refractivity contribution is 14.1. The van der Waals surface area contributed by atoms with Gasteiger partial charge in [-0.1, -0.05) is 30.3 Å². The second-order valence-corrected chi connectivity index (χ2v) is 6.46. The topological polar surface area (TPSA) is 58.6 Å². The fraction of sp³-hybridized carbons (Fsp3) is 0.312. The Morgan fingerprint density at radius 3 is 2.39 bits per heavy atom. The van der Waals surface area contributed by atoms with Gasteiger partial charge in [0.25, 0.3) is 0 Å². The number of amides is 1. The average molecular weight is 424 g/mol. The first-order valence-corrected chi connectivity index (χ1v) is 8.48. The minimum absolute atomic E-state index is 0.267. The van der Waals surface area contributed by atoms with Crippen LogP contribution in [0.15, 0.2) is 42.7 Å². The van der Waals surface area contributed by atoms with Gasteiger partial charge in [0.1, 0.15) is 6.61 Å². The molecule has 1 aromatic heterocycles. The Kier molecular flexibility index (Phi) is 5.27. The van der Waals surface area contributed by atoms with Crippen molar-refractivity contribution < 1.29 is 9.53 Å². The molecule has 0 N–H and O–H groups in total. The Balaban J connectivity index is 1.48. The van der Waals surface area contributed by atoms with E-state index in [4.69, 9.17) is 4.74 Å². The number of halogens is 1. The molecule has 0 spiro atoms. The van der Waals surface area contributed by atoms with Crippen molar-refractivity contribution in [2.45, 2.75) is 6.61 Å². The van der Waals surface area contributed by atoms with Crippen molar-refractivity contribution in [1.82, 2.24) is 14.9 Å². The summed E-state index contributed by atoms with van der Waals surface area (Å²) < 4.78 is 6.37. The van der Waals surface area contributed by atoms with E-state index < -0.39 is 0 Å². The molecule has 23 heavy (non-hydrogen) atoms. The summed E-state index contributed by atoms with van der Waals surface area (Å²) in [7, 11) is 0. The van der Waals surface area contributed by atoms with E-state index in [1.807, 2.05) is 30.3 Å². The highest BCUT2D eigenvalue weighted by atomic mass is 127. The van der Waals surface area contributed by atoms with Crippen molar-refractivity contribution in [3.05, 3.63) is 51.9 Å². The lowest BCUT2D eigenvalue weighted by atomic mass is 10.2. The zero-order valence-corrected chi connectivity index (χ0v) is 14.7. The van der Waals surface area contributed by atoms with E-state index in [2.05, 4.69) is 37.5 Å². The van der Waals surface area contributed by atoms with E-state index in [9.17, 15) is 4.79 Å². The Morgan fingerprint density at radius 2 is 1.74 bits per heavy atom. The summed E-state index contributed by atoms with van der Waals surface area (Å²) in [5.41, 5.74) is 0.992. The summed E-state index contributed by atoms with van der Waals surface area (Å²) in [4.78, 5) is 24.6. The first-order chi connectivity index (χ1) is 11.2. The van der Waals surface area contributed by atoms with Gasteiger partial charge in [0.05, 0.1) is 0 Å². The summed E-state index contributed by atoms with van der Waals surface area (Å²) in [5.74, 6) is 0.711. The van der Waals surface area contributed by atoms with Gasteiger partial charge in [-0.25, -0.2) is 14.8 Å². The van der Waals surface area contributed by atoms with Gasteiger partial charge in [0, 0.05) is 42.1 Å². The molecule has 7 heteroatoms. The molecule has 1 saturated heterocycles. The molecule has 0 saturated carbocycles. The number of ether oxygens (including phenoxy) is 1. The second-order valence-electron chi connectivity index (χ2n) is 5.22. The van der Waals surface area contributed by atoms with Crippen molar-refractivity contribution in [2.75, 3.05) is 31.1 Å². The second kappa shape index (κ2) is 7.58. The van der Waals surface area contributed by atoms with Crippen molar-refractivity contribution in [3.63, 3.8) is 0 Å². The fourth-order valence-corrected chi connectivity index (χ4v) is 2.65. The van der Waals surface area contributed by atoms with Crippen LogP contribution in [0.5, 0.6) is 0 Å². The maximum atomic E-state index is 12.1. The third kappa shape index (κ3) is 4.31. The van der Waals surface area contributed by atoms with E-state index in [0.29, 0.717) is 38.7 Å². The molecular weight excluding hydrogens is 407 g/mol. The molecule has 2 heterocycles. The third-order valence-electron chi connectivity index (χ3n) is 3.63. The van der Waals surface area contributed by atoms with Gasteiger partial charge < -0.3 is 14.5 Å². The van der Waals surface area contributed by atoms with Crippen molar-refractivity contribution >= 4 is 34.6 Å². The number of benzene rings is 1. The van der Waals surface area contributed by atoms with Gasteiger partial charge in [0.15, 0.2) is 0 Å². The number of piperazine rings is 1. The largest absolute Gasteiger partial charge is 0.445 e. The van der Waals surface area contributed by atoms with E-state index >= 15 is 0 Å². The van der Waals surface area contributed by atoms with Crippen LogP contribution in [0.1, 0.15) is 5.56 Å². The standard InChI is InChI=1S/C16H17IN4O2/c17-14-10-18-15(19-11-14)20-6-8-21(9-7-20)16(22)23-12-13-4-2-1-3-5-13/h1-5,10-11H,6-9,12H2. The van der Waals surface area contributed by atoms with Crippen LogP contribution in [0.3, 0.4) is 0 Å². The molecule has 0 radical (unpaired) electrons. The number of nitrogens with zero attached hydrogens (tertiary/aromatic N) is 4. The average Bonchev–Trinajstić information content (AvgIpc) is 2.61. The quantitative estimate of drug-likeness (QED) is 0.709. The van der Waals surface area contributed by atoms with Gasteiger partial charge in [-0.15, -0.1) is 0 Å². The number of carbonyl (C=O) groups excluding carboxylic acids is 1. The number of anilines is 1. The lowest BCUT2D eigenvalue weighted by Gasteiger charge is -2.34. The smallest absolute Gasteiger partial charge is 0.410 e. The van der Waals surface area contributed by atoms with Gasteiger partial charge >= 0.3 is 6.09 Å². The van der Waals surface area contributed by atoms with Gasteiger partial charge in [0.2, 0.25) is 5.95 Å². The molecule has 1 fully saturated rings. The summed E-state index contributed by atoms with van der Waals surface area (Å²) in [6.07, 6.45) is 3.32. The maximum Gasteiger partial charge on any atom is 0.410 e. The Labute approximate surface area is 148 Å². The van der Waals surface area contributed by atoms with E-state index in [-0.39, 0.29) is 6.09 Å².